The second-order valence-electron chi connectivity index (χ2n) is 6.01. The average molecular weight is 378 g/mol. The maximum absolute atomic E-state index is 12.1. The molecule has 0 aliphatic heterocycles. The van der Waals surface area contributed by atoms with E-state index in [4.69, 9.17) is 9.47 Å². The summed E-state index contributed by atoms with van der Waals surface area (Å²) < 4.78 is 10.6. The lowest BCUT2D eigenvalue weighted by molar-refractivity contribution is 0.0435. The first kappa shape index (κ1) is 19.0. The van der Waals surface area contributed by atoms with Crippen molar-refractivity contribution in [2.45, 2.75) is 13.2 Å². The summed E-state index contributed by atoms with van der Waals surface area (Å²) in [5.74, 6) is -0.901. The highest BCUT2D eigenvalue weighted by Gasteiger charge is 2.12. The van der Waals surface area contributed by atoms with Crippen LogP contribution in [0.3, 0.4) is 0 Å². The summed E-state index contributed by atoms with van der Waals surface area (Å²) in [4.78, 5) is 24.2. The Bertz CT molecular complexity index is 881. The summed E-state index contributed by atoms with van der Waals surface area (Å²) in [5, 5.41) is 18.6. The zero-order chi connectivity index (χ0) is 19.9. The number of hydrogen-bond donors (Lipinski definition) is 2. The molecule has 0 saturated carbocycles. The molecule has 0 spiro atoms. The highest BCUT2D eigenvalue weighted by Crippen LogP contribution is 2.16. The van der Waals surface area contributed by atoms with Crippen LogP contribution in [0.2, 0.25) is 0 Å². The fourth-order valence-electron chi connectivity index (χ4n) is 2.49. The molecule has 0 fully saturated rings. The molecule has 0 atom stereocenters. The molecule has 2 N–H and O–H groups in total. The molecule has 0 heterocycles. The molecular weight excluding hydrogens is 360 g/mol. The first-order chi connectivity index (χ1) is 13.5. The summed E-state index contributed by atoms with van der Waals surface area (Å²) >= 11 is 0. The Hall–Kier alpha value is -3.80. The smallest absolute Gasteiger partial charge is 0.338 e. The molecule has 0 saturated heterocycles. The first-order valence-corrected chi connectivity index (χ1v) is 8.52. The van der Waals surface area contributed by atoms with E-state index in [1.807, 2.05) is 0 Å². The number of esters is 2. The van der Waals surface area contributed by atoms with Crippen LogP contribution in [-0.4, -0.2) is 22.2 Å². The predicted octanol–water partition coefficient (Wildman–Crippen LogP) is 3.81. The van der Waals surface area contributed by atoms with Gasteiger partial charge in [-0.15, -0.1) is 0 Å². The third-order valence-corrected chi connectivity index (χ3v) is 4.04. The number of phenolic OH excluding ortho intramolecular Hbond substituents is 2. The first-order valence-electron chi connectivity index (χ1n) is 8.52. The quantitative estimate of drug-likeness (QED) is 0.634. The third kappa shape index (κ3) is 4.88. The van der Waals surface area contributed by atoms with Crippen LogP contribution >= 0.6 is 0 Å². The molecule has 0 unspecified atom stereocenters. The Labute approximate surface area is 161 Å². The van der Waals surface area contributed by atoms with Crippen molar-refractivity contribution in [3.05, 3.63) is 95.1 Å². The van der Waals surface area contributed by atoms with E-state index in [1.54, 1.807) is 24.3 Å². The SMILES string of the molecule is O=C(OCc1ccccc1COC(=O)c1ccc(O)cc1)c1ccc(O)cc1. The van der Waals surface area contributed by atoms with Crippen LogP contribution in [0.15, 0.2) is 72.8 Å². The van der Waals surface area contributed by atoms with E-state index < -0.39 is 11.9 Å². The Balaban J connectivity index is 1.61. The van der Waals surface area contributed by atoms with E-state index in [0.29, 0.717) is 22.3 Å². The van der Waals surface area contributed by atoms with Crippen molar-refractivity contribution in [2.75, 3.05) is 0 Å². The van der Waals surface area contributed by atoms with Gasteiger partial charge < -0.3 is 19.7 Å². The maximum Gasteiger partial charge on any atom is 0.338 e. The van der Waals surface area contributed by atoms with Crippen LogP contribution in [0.5, 0.6) is 11.5 Å². The minimum Gasteiger partial charge on any atom is -0.508 e. The van der Waals surface area contributed by atoms with E-state index in [1.165, 1.54) is 48.5 Å². The van der Waals surface area contributed by atoms with Crippen molar-refractivity contribution in [3.8, 4) is 11.5 Å². The molecule has 3 aromatic carbocycles. The predicted molar refractivity (Wildman–Crippen MR) is 101 cm³/mol. The molecule has 28 heavy (non-hydrogen) atoms. The van der Waals surface area contributed by atoms with Gasteiger partial charge in [0.2, 0.25) is 0 Å². The van der Waals surface area contributed by atoms with Gasteiger partial charge in [0.1, 0.15) is 24.7 Å². The van der Waals surface area contributed by atoms with Crippen LogP contribution < -0.4 is 0 Å². The molecule has 0 radical (unpaired) electrons. The molecule has 0 aliphatic rings. The van der Waals surface area contributed by atoms with Crippen molar-refractivity contribution in [3.63, 3.8) is 0 Å². The van der Waals surface area contributed by atoms with Crippen molar-refractivity contribution < 1.29 is 29.3 Å². The summed E-state index contributed by atoms with van der Waals surface area (Å²) in [5.41, 5.74) is 2.09. The van der Waals surface area contributed by atoms with E-state index in [0.717, 1.165) is 0 Å². The largest absolute Gasteiger partial charge is 0.508 e. The van der Waals surface area contributed by atoms with Crippen LogP contribution in [-0.2, 0) is 22.7 Å². The molecule has 0 amide bonds. The van der Waals surface area contributed by atoms with Gasteiger partial charge in [-0.3, -0.25) is 0 Å². The number of phenols is 2. The molecule has 0 aromatic heterocycles. The third-order valence-electron chi connectivity index (χ3n) is 4.04. The molecule has 3 aromatic rings. The second-order valence-corrected chi connectivity index (χ2v) is 6.01. The number of rotatable bonds is 6. The monoisotopic (exact) mass is 378 g/mol. The summed E-state index contributed by atoms with van der Waals surface area (Å²) in [6, 6.07) is 18.7. The van der Waals surface area contributed by atoms with Gasteiger partial charge in [0.15, 0.2) is 0 Å². The average Bonchev–Trinajstić information content (AvgIpc) is 2.72. The van der Waals surface area contributed by atoms with Crippen molar-refractivity contribution in [2.24, 2.45) is 0 Å². The Morgan fingerprint density at radius 1 is 0.607 bits per heavy atom. The standard InChI is InChI=1S/C22H18O6/c23-19-9-5-15(6-10-19)21(25)27-13-17-3-1-2-4-18(17)14-28-22(26)16-7-11-20(24)12-8-16/h1-12,23-24H,13-14H2. The normalized spacial score (nSPS) is 10.3. The summed E-state index contributed by atoms with van der Waals surface area (Å²) in [6.07, 6.45) is 0. The summed E-state index contributed by atoms with van der Waals surface area (Å²) in [6.45, 7) is 0.0410. The number of hydrogen-bond acceptors (Lipinski definition) is 6. The number of benzene rings is 3. The zero-order valence-electron chi connectivity index (χ0n) is 14.9. The zero-order valence-corrected chi connectivity index (χ0v) is 14.9. The van der Waals surface area contributed by atoms with Gasteiger partial charge in [-0.1, -0.05) is 24.3 Å². The maximum atomic E-state index is 12.1. The van der Waals surface area contributed by atoms with E-state index in [2.05, 4.69) is 0 Å². The van der Waals surface area contributed by atoms with Crippen LogP contribution in [0.4, 0.5) is 0 Å². The minimum absolute atomic E-state index is 0.0205. The minimum atomic E-state index is -0.518. The van der Waals surface area contributed by atoms with Gasteiger partial charge in [0, 0.05) is 0 Å². The van der Waals surface area contributed by atoms with Crippen LogP contribution in [0.1, 0.15) is 31.8 Å². The lowest BCUT2D eigenvalue weighted by Crippen LogP contribution is -2.09. The van der Waals surface area contributed by atoms with Gasteiger partial charge >= 0.3 is 11.9 Å². The number of carbonyl (C=O) groups is 2. The summed E-state index contributed by atoms with van der Waals surface area (Å²) in [7, 11) is 0. The van der Waals surface area contributed by atoms with E-state index >= 15 is 0 Å². The van der Waals surface area contributed by atoms with Gasteiger partial charge in [-0.25, -0.2) is 9.59 Å². The number of aromatic hydroxyl groups is 2. The molecule has 3 rings (SSSR count). The van der Waals surface area contributed by atoms with Gasteiger partial charge in [-0.2, -0.15) is 0 Å². The van der Waals surface area contributed by atoms with Crippen molar-refractivity contribution in [1.82, 2.24) is 0 Å². The molecule has 142 valence electrons. The molecular formula is C22H18O6. The van der Waals surface area contributed by atoms with Crippen LogP contribution in [0.25, 0.3) is 0 Å². The molecule has 0 aliphatic carbocycles. The fraction of sp³-hybridized carbons (Fsp3) is 0.0909. The van der Waals surface area contributed by atoms with Gasteiger partial charge in [0.05, 0.1) is 11.1 Å². The fourth-order valence-corrected chi connectivity index (χ4v) is 2.49. The Morgan fingerprint density at radius 3 is 1.32 bits per heavy atom. The molecule has 0 bridgehead atoms. The van der Waals surface area contributed by atoms with Gasteiger partial charge in [0.25, 0.3) is 0 Å². The molecule has 6 nitrogen and oxygen atoms in total. The lowest BCUT2D eigenvalue weighted by atomic mass is 10.1. The lowest BCUT2D eigenvalue weighted by Gasteiger charge is -2.11. The molecule has 6 heteroatoms. The Kier molecular flexibility index (Phi) is 5.91. The van der Waals surface area contributed by atoms with Crippen molar-refractivity contribution in [1.29, 1.82) is 0 Å². The van der Waals surface area contributed by atoms with E-state index in [9.17, 15) is 19.8 Å². The Morgan fingerprint density at radius 2 is 0.964 bits per heavy atom. The van der Waals surface area contributed by atoms with Crippen LogP contribution in [0, 0.1) is 0 Å². The highest BCUT2D eigenvalue weighted by molar-refractivity contribution is 5.90. The topological polar surface area (TPSA) is 93.1 Å². The van der Waals surface area contributed by atoms with Gasteiger partial charge in [-0.05, 0) is 59.7 Å². The number of carbonyl (C=O) groups excluding carboxylic acids is 2. The highest BCUT2D eigenvalue weighted by atomic mass is 16.5. The van der Waals surface area contributed by atoms with Crippen molar-refractivity contribution >= 4 is 11.9 Å². The second kappa shape index (κ2) is 8.73. The van der Waals surface area contributed by atoms with E-state index in [-0.39, 0.29) is 24.7 Å². The number of ether oxygens (including phenoxy) is 2.